The molecule has 0 aliphatic rings. The predicted molar refractivity (Wildman–Crippen MR) is 86.0 cm³/mol. The molecule has 0 saturated heterocycles. The molecule has 3 aromatic rings. The maximum absolute atomic E-state index is 5.32. The first-order chi connectivity index (χ1) is 10.9. The van der Waals surface area contributed by atoms with Crippen LogP contribution in [0.1, 0.15) is 19.2 Å². The van der Waals surface area contributed by atoms with E-state index < -0.39 is 0 Å². The van der Waals surface area contributed by atoms with E-state index >= 15 is 0 Å². The number of thioether (sulfide) groups is 1. The molecule has 0 aliphatic heterocycles. The van der Waals surface area contributed by atoms with Crippen molar-refractivity contribution in [3.05, 3.63) is 42.7 Å². The third-order valence-corrected chi connectivity index (χ3v) is 4.10. The van der Waals surface area contributed by atoms with Gasteiger partial charge in [-0.25, -0.2) is 4.68 Å². The highest BCUT2D eigenvalue weighted by molar-refractivity contribution is 7.99. The van der Waals surface area contributed by atoms with Crippen molar-refractivity contribution in [1.82, 2.24) is 24.9 Å². The summed E-state index contributed by atoms with van der Waals surface area (Å²) in [5.41, 5.74) is 1.76. The van der Waals surface area contributed by atoms with E-state index in [9.17, 15) is 0 Å². The molecule has 0 spiro atoms. The van der Waals surface area contributed by atoms with Gasteiger partial charge in [0.2, 0.25) is 0 Å². The first kappa shape index (κ1) is 14.8. The molecule has 3 heterocycles. The number of hydrogen-bond donors (Lipinski definition) is 0. The Morgan fingerprint density at radius 2 is 2.14 bits per heavy atom. The summed E-state index contributed by atoms with van der Waals surface area (Å²) in [6.07, 6.45) is 8.97. The van der Waals surface area contributed by atoms with Gasteiger partial charge in [0.15, 0.2) is 5.82 Å². The predicted octanol–water partition coefficient (Wildman–Crippen LogP) is 3.00. The van der Waals surface area contributed by atoms with Crippen molar-refractivity contribution >= 4 is 11.8 Å². The monoisotopic (exact) mass is 315 g/mol. The van der Waals surface area contributed by atoms with Gasteiger partial charge in [0.1, 0.15) is 0 Å². The molecule has 0 fully saturated rings. The van der Waals surface area contributed by atoms with Crippen LogP contribution in [0.2, 0.25) is 0 Å². The zero-order valence-electron chi connectivity index (χ0n) is 12.3. The van der Waals surface area contributed by atoms with Gasteiger partial charge in [-0.1, -0.05) is 12.1 Å². The van der Waals surface area contributed by atoms with Crippen LogP contribution in [0.25, 0.3) is 17.1 Å². The van der Waals surface area contributed by atoms with Crippen LogP contribution in [0, 0.1) is 0 Å². The van der Waals surface area contributed by atoms with Crippen LogP contribution in [0.5, 0.6) is 0 Å². The topological polar surface area (TPSA) is 69.6 Å². The van der Waals surface area contributed by atoms with Crippen LogP contribution in [-0.4, -0.2) is 36.4 Å². The van der Waals surface area contributed by atoms with E-state index in [0.29, 0.717) is 5.89 Å². The Balaban J connectivity index is 1.68. The second kappa shape index (κ2) is 7.22. The van der Waals surface area contributed by atoms with E-state index in [1.807, 2.05) is 30.1 Å². The molecular weight excluding hydrogens is 298 g/mol. The van der Waals surface area contributed by atoms with Gasteiger partial charge in [0.25, 0.3) is 5.89 Å². The van der Waals surface area contributed by atoms with Crippen LogP contribution in [0.3, 0.4) is 0 Å². The Labute approximate surface area is 133 Å². The number of aryl methyl sites for hydroxylation is 1. The lowest BCUT2D eigenvalue weighted by Gasteiger charge is -1.97. The molecule has 0 saturated carbocycles. The molecule has 0 radical (unpaired) electrons. The third kappa shape index (κ3) is 3.54. The fourth-order valence-electron chi connectivity index (χ4n) is 2.02. The highest BCUT2D eigenvalue weighted by Crippen LogP contribution is 2.18. The second-order valence-corrected chi connectivity index (χ2v) is 6.09. The number of nitrogens with zero attached hydrogens (tertiary/aromatic N) is 5. The quantitative estimate of drug-likeness (QED) is 0.624. The van der Waals surface area contributed by atoms with Crippen molar-refractivity contribution in [2.45, 2.75) is 19.8 Å². The van der Waals surface area contributed by atoms with Gasteiger partial charge >= 0.3 is 0 Å². The van der Waals surface area contributed by atoms with Gasteiger partial charge in [-0.05, 0) is 30.1 Å². The minimum absolute atomic E-state index is 0.512. The Hall–Kier alpha value is -2.15. The van der Waals surface area contributed by atoms with E-state index in [1.54, 1.807) is 23.3 Å². The smallest absolute Gasteiger partial charge is 0.261 e. The van der Waals surface area contributed by atoms with Crippen molar-refractivity contribution in [2.24, 2.45) is 0 Å². The Kier molecular flexibility index (Phi) is 4.85. The highest BCUT2D eigenvalue weighted by atomic mass is 32.2. The van der Waals surface area contributed by atoms with Gasteiger partial charge in [-0.2, -0.15) is 21.8 Å². The Morgan fingerprint density at radius 3 is 2.95 bits per heavy atom. The van der Waals surface area contributed by atoms with Crippen LogP contribution in [0.15, 0.2) is 41.4 Å². The molecule has 0 unspecified atom stereocenters. The lowest BCUT2D eigenvalue weighted by molar-refractivity contribution is 0.422. The minimum Gasteiger partial charge on any atom is -0.334 e. The largest absolute Gasteiger partial charge is 0.334 e. The first-order valence-electron chi connectivity index (χ1n) is 7.22. The molecule has 0 amide bonds. The molecule has 0 aliphatic carbocycles. The van der Waals surface area contributed by atoms with Gasteiger partial charge in [0.05, 0.1) is 17.4 Å². The van der Waals surface area contributed by atoms with Crippen LogP contribution in [-0.2, 0) is 6.42 Å². The van der Waals surface area contributed by atoms with E-state index in [0.717, 1.165) is 41.4 Å². The molecule has 7 heteroatoms. The standard InChI is InChI=1S/C15H17N5OS/c1-2-22-9-3-4-14-18-15(21-19-14)12-10-17-20(11-12)13-5-7-16-8-6-13/h5-8,10-11H,2-4,9H2,1H3. The number of pyridine rings is 1. The van der Waals surface area contributed by atoms with Crippen molar-refractivity contribution in [2.75, 3.05) is 11.5 Å². The van der Waals surface area contributed by atoms with E-state index in [1.165, 1.54) is 0 Å². The molecule has 0 N–H and O–H groups in total. The molecule has 0 bridgehead atoms. The fraction of sp³-hybridized carbons (Fsp3) is 0.333. The van der Waals surface area contributed by atoms with Crippen molar-refractivity contribution in [1.29, 1.82) is 0 Å². The Bertz CT molecular complexity index is 710. The van der Waals surface area contributed by atoms with Crippen LogP contribution in [0.4, 0.5) is 0 Å². The maximum atomic E-state index is 5.32. The van der Waals surface area contributed by atoms with Gasteiger partial charge in [0, 0.05) is 25.0 Å². The zero-order chi connectivity index (χ0) is 15.2. The number of hydrogen-bond acceptors (Lipinski definition) is 6. The Morgan fingerprint density at radius 1 is 1.27 bits per heavy atom. The SMILES string of the molecule is CCSCCCc1noc(-c2cnn(-c3ccncc3)c2)n1. The van der Waals surface area contributed by atoms with Gasteiger partial charge in [-0.15, -0.1) is 0 Å². The van der Waals surface area contributed by atoms with Crippen LogP contribution < -0.4 is 0 Å². The number of aromatic nitrogens is 5. The zero-order valence-corrected chi connectivity index (χ0v) is 13.2. The van der Waals surface area contributed by atoms with Crippen molar-refractivity contribution in [3.8, 4) is 17.1 Å². The van der Waals surface area contributed by atoms with E-state index in [4.69, 9.17) is 4.52 Å². The maximum Gasteiger partial charge on any atom is 0.261 e. The van der Waals surface area contributed by atoms with Crippen molar-refractivity contribution < 1.29 is 4.52 Å². The average Bonchev–Trinajstić information content (AvgIpc) is 3.21. The first-order valence-corrected chi connectivity index (χ1v) is 8.38. The number of rotatable bonds is 7. The summed E-state index contributed by atoms with van der Waals surface area (Å²) in [4.78, 5) is 8.43. The third-order valence-electron chi connectivity index (χ3n) is 3.12. The summed E-state index contributed by atoms with van der Waals surface area (Å²) >= 11 is 1.93. The van der Waals surface area contributed by atoms with Crippen molar-refractivity contribution in [3.63, 3.8) is 0 Å². The summed E-state index contributed by atoms with van der Waals surface area (Å²) < 4.78 is 7.09. The molecule has 0 aromatic carbocycles. The summed E-state index contributed by atoms with van der Waals surface area (Å²) in [5.74, 6) is 3.54. The molecule has 0 atom stereocenters. The minimum atomic E-state index is 0.512. The lowest BCUT2D eigenvalue weighted by Crippen LogP contribution is -1.93. The van der Waals surface area contributed by atoms with Gasteiger partial charge < -0.3 is 4.52 Å². The van der Waals surface area contributed by atoms with Crippen LogP contribution >= 0.6 is 11.8 Å². The summed E-state index contributed by atoms with van der Waals surface area (Å²) in [7, 11) is 0. The summed E-state index contributed by atoms with van der Waals surface area (Å²) in [6.45, 7) is 2.16. The second-order valence-electron chi connectivity index (χ2n) is 4.70. The average molecular weight is 315 g/mol. The highest BCUT2D eigenvalue weighted by Gasteiger charge is 2.11. The lowest BCUT2D eigenvalue weighted by atomic mass is 10.3. The summed E-state index contributed by atoms with van der Waals surface area (Å²) in [5, 5.41) is 8.35. The fourth-order valence-corrected chi connectivity index (χ4v) is 2.66. The molecule has 3 aromatic heterocycles. The summed E-state index contributed by atoms with van der Waals surface area (Å²) in [6, 6.07) is 3.78. The molecule has 6 nitrogen and oxygen atoms in total. The molecular formula is C15H17N5OS. The van der Waals surface area contributed by atoms with Gasteiger partial charge in [-0.3, -0.25) is 4.98 Å². The molecule has 3 rings (SSSR count). The van der Waals surface area contributed by atoms with E-state index in [2.05, 4.69) is 27.1 Å². The molecule has 22 heavy (non-hydrogen) atoms. The normalized spacial score (nSPS) is 11.0. The van der Waals surface area contributed by atoms with E-state index in [-0.39, 0.29) is 0 Å². The molecule has 114 valence electrons.